The van der Waals surface area contributed by atoms with Crippen molar-refractivity contribution in [3.63, 3.8) is 0 Å². The number of rotatable bonds is 7. The van der Waals surface area contributed by atoms with Crippen LogP contribution in [-0.2, 0) is 16.1 Å². The van der Waals surface area contributed by atoms with E-state index in [2.05, 4.69) is 5.32 Å². The normalized spacial score (nSPS) is 10.9. The summed E-state index contributed by atoms with van der Waals surface area (Å²) in [4.78, 5) is 22.9. The molecule has 0 radical (unpaired) electrons. The number of carbonyl (C=O) groups excluding carboxylic acids is 1. The predicted octanol–water partition coefficient (Wildman–Crippen LogP) is 2.80. The first-order chi connectivity index (χ1) is 9.54. The van der Waals surface area contributed by atoms with E-state index < -0.39 is 17.5 Å². The second-order valence-electron chi connectivity index (χ2n) is 4.71. The van der Waals surface area contributed by atoms with Gasteiger partial charge < -0.3 is 15.2 Å². The van der Waals surface area contributed by atoms with Crippen molar-refractivity contribution in [2.75, 3.05) is 6.54 Å². The van der Waals surface area contributed by atoms with Gasteiger partial charge in [0.05, 0.1) is 5.41 Å². The molecule has 0 saturated carbocycles. The molecule has 0 aliphatic heterocycles. The zero-order valence-corrected chi connectivity index (χ0v) is 11.9. The van der Waals surface area contributed by atoms with Crippen LogP contribution in [0.25, 0.3) is 0 Å². The number of aliphatic carboxylic acids is 1. The monoisotopic (exact) mass is 279 g/mol. The molecule has 0 bridgehead atoms. The summed E-state index contributed by atoms with van der Waals surface area (Å²) in [5.74, 6) is -0.897. The van der Waals surface area contributed by atoms with Crippen molar-refractivity contribution in [3.05, 3.63) is 35.9 Å². The Bertz CT molecular complexity index is 440. The summed E-state index contributed by atoms with van der Waals surface area (Å²) >= 11 is 0. The summed E-state index contributed by atoms with van der Waals surface area (Å²) in [5.41, 5.74) is -0.0377. The highest BCUT2D eigenvalue weighted by atomic mass is 16.5. The third-order valence-electron chi connectivity index (χ3n) is 3.59. The van der Waals surface area contributed by atoms with Crippen LogP contribution in [0.4, 0.5) is 4.79 Å². The van der Waals surface area contributed by atoms with Gasteiger partial charge >= 0.3 is 12.1 Å². The number of ether oxygens (including phenoxy) is 1. The molecule has 0 atom stereocenters. The van der Waals surface area contributed by atoms with E-state index in [1.807, 2.05) is 30.3 Å². The smallest absolute Gasteiger partial charge is 0.407 e. The fraction of sp³-hybridized carbons (Fsp3) is 0.467. The maximum absolute atomic E-state index is 11.6. The Morgan fingerprint density at radius 2 is 1.80 bits per heavy atom. The number of carboxylic acids is 1. The van der Waals surface area contributed by atoms with E-state index in [0.29, 0.717) is 12.8 Å². The van der Waals surface area contributed by atoms with Crippen molar-refractivity contribution < 1.29 is 19.4 Å². The molecule has 0 aliphatic carbocycles. The minimum absolute atomic E-state index is 0.0724. The Kier molecular flexibility index (Phi) is 6.03. The van der Waals surface area contributed by atoms with Gasteiger partial charge in [0.2, 0.25) is 0 Å². The van der Waals surface area contributed by atoms with Gasteiger partial charge in [0.15, 0.2) is 0 Å². The van der Waals surface area contributed by atoms with Crippen LogP contribution < -0.4 is 5.32 Å². The lowest BCUT2D eigenvalue weighted by Gasteiger charge is -2.26. The number of nitrogens with one attached hydrogen (secondary N) is 1. The lowest BCUT2D eigenvalue weighted by atomic mass is 9.82. The lowest BCUT2D eigenvalue weighted by Crippen LogP contribution is -2.42. The maximum atomic E-state index is 11.6. The van der Waals surface area contributed by atoms with Gasteiger partial charge in [0.25, 0.3) is 0 Å². The molecular weight excluding hydrogens is 258 g/mol. The number of amides is 1. The minimum atomic E-state index is -0.925. The van der Waals surface area contributed by atoms with Crippen LogP contribution in [0.1, 0.15) is 32.3 Å². The summed E-state index contributed by atoms with van der Waals surface area (Å²) in [6.45, 7) is 3.84. The highest BCUT2D eigenvalue weighted by molar-refractivity contribution is 5.76. The molecule has 20 heavy (non-hydrogen) atoms. The second kappa shape index (κ2) is 7.53. The maximum Gasteiger partial charge on any atom is 0.407 e. The van der Waals surface area contributed by atoms with E-state index in [0.717, 1.165) is 5.56 Å². The number of benzene rings is 1. The first kappa shape index (κ1) is 16.0. The van der Waals surface area contributed by atoms with E-state index in [1.165, 1.54) is 0 Å². The number of alkyl carbamates (subject to hydrolysis) is 1. The van der Waals surface area contributed by atoms with Crippen molar-refractivity contribution in [1.82, 2.24) is 5.32 Å². The van der Waals surface area contributed by atoms with Crippen molar-refractivity contribution in [2.24, 2.45) is 5.41 Å². The molecule has 0 spiro atoms. The van der Waals surface area contributed by atoms with E-state index in [4.69, 9.17) is 4.74 Å². The Hall–Kier alpha value is -2.04. The van der Waals surface area contributed by atoms with Crippen molar-refractivity contribution >= 4 is 12.1 Å². The van der Waals surface area contributed by atoms with Gasteiger partial charge in [0, 0.05) is 6.54 Å². The fourth-order valence-electron chi connectivity index (χ4n) is 1.89. The van der Waals surface area contributed by atoms with Gasteiger partial charge in [-0.15, -0.1) is 0 Å². The first-order valence-electron chi connectivity index (χ1n) is 6.72. The average molecular weight is 279 g/mol. The molecular formula is C15H21NO4. The van der Waals surface area contributed by atoms with Crippen LogP contribution in [0.5, 0.6) is 0 Å². The molecule has 1 amide bonds. The molecule has 5 nitrogen and oxygen atoms in total. The third-order valence-corrected chi connectivity index (χ3v) is 3.59. The Labute approximate surface area is 118 Å². The van der Waals surface area contributed by atoms with Gasteiger partial charge in [-0.3, -0.25) is 4.79 Å². The SMILES string of the molecule is CCC(CC)(CNC(=O)OCc1ccccc1)C(=O)O. The highest BCUT2D eigenvalue weighted by Crippen LogP contribution is 2.25. The highest BCUT2D eigenvalue weighted by Gasteiger charge is 2.35. The van der Waals surface area contributed by atoms with E-state index >= 15 is 0 Å². The fourth-order valence-corrected chi connectivity index (χ4v) is 1.89. The average Bonchev–Trinajstić information content (AvgIpc) is 2.47. The Morgan fingerprint density at radius 1 is 1.20 bits per heavy atom. The third kappa shape index (κ3) is 4.26. The molecule has 5 heteroatoms. The molecule has 0 fully saturated rings. The van der Waals surface area contributed by atoms with Crippen LogP contribution >= 0.6 is 0 Å². The summed E-state index contributed by atoms with van der Waals surface area (Å²) in [6.07, 6.45) is 0.316. The quantitative estimate of drug-likeness (QED) is 0.804. The van der Waals surface area contributed by atoms with Gasteiger partial charge in [-0.1, -0.05) is 44.2 Å². The minimum Gasteiger partial charge on any atom is -0.481 e. The molecule has 0 aromatic heterocycles. The molecule has 2 N–H and O–H groups in total. The van der Waals surface area contributed by atoms with Crippen molar-refractivity contribution in [3.8, 4) is 0 Å². The first-order valence-corrected chi connectivity index (χ1v) is 6.72. The van der Waals surface area contributed by atoms with Crippen LogP contribution in [0, 0.1) is 5.41 Å². The number of hydrogen-bond acceptors (Lipinski definition) is 3. The summed E-state index contributed by atoms with van der Waals surface area (Å²) in [7, 11) is 0. The standard InChI is InChI=1S/C15H21NO4/c1-3-15(4-2,13(17)18)11-16-14(19)20-10-12-8-6-5-7-9-12/h5-9H,3-4,10-11H2,1-2H3,(H,16,19)(H,17,18). The summed E-state index contributed by atoms with van der Waals surface area (Å²) in [6, 6.07) is 9.31. The van der Waals surface area contributed by atoms with Crippen LogP contribution in [0.15, 0.2) is 30.3 Å². The number of carbonyl (C=O) groups is 2. The molecule has 110 valence electrons. The van der Waals surface area contributed by atoms with Gasteiger partial charge in [-0.2, -0.15) is 0 Å². The number of carboxylic acid groups (broad SMARTS) is 1. The lowest BCUT2D eigenvalue weighted by molar-refractivity contribution is -0.149. The van der Waals surface area contributed by atoms with E-state index in [1.54, 1.807) is 13.8 Å². The Balaban J connectivity index is 2.44. The van der Waals surface area contributed by atoms with Crippen LogP contribution in [0.3, 0.4) is 0 Å². The largest absolute Gasteiger partial charge is 0.481 e. The summed E-state index contributed by atoms with van der Waals surface area (Å²) < 4.78 is 5.05. The molecule has 0 heterocycles. The van der Waals surface area contributed by atoms with Gasteiger partial charge in [-0.05, 0) is 18.4 Å². The second-order valence-corrected chi connectivity index (χ2v) is 4.71. The Morgan fingerprint density at radius 3 is 2.30 bits per heavy atom. The van der Waals surface area contributed by atoms with Crippen molar-refractivity contribution in [2.45, 2.75) is 33.3 Å². The van der Waals surface area contributed by atoms with E-state index in [9.17, 15) is 14.7 Å². The number of hydrogen-bond donors (Lipinski definition) is 2. The zero-order chi connectivity index (χ0) is 15.0. The predicted molar refractivity (Wildman–Crippen MR) is 75.3 cm³/mol. The van der Waals surface area contributed by atoms with Crippen LogP contribution in [0.2, 0.25) is 0 Å². The summed E-state index contributed by atoms with van der Waals surface area (Å²) in [5, 5.41) is 11.8. The molecule has 0 aliphatic rings. The molecule has 1 aromatic rings. The molecule has 1 aromatic carbocycles. The molecule has 1 rings (SSSR count). The van der Waals surface area contributed by atoms with E-state index in [-0.39, 0.29) is 13.2 Å². The van der Waals surface area contributed by atoms with Gasteiger partial charge in [-0.25, -0.2) is 4.79 Å². The topological polar surface area (TPSA) is 75.6 Å². The van der Waals surface area contributed by atoms with Gasteiger partial charge in [0.1, 0.15) is 6.61 Å². The molecule has 0 saturated heterocycles. The van der Waals surface area contributed by atoms with Crippen LogP contribution in [-0.4, -0.2) is 23.7 Å². The molecule has 0 unspecified atom stereocenters. The zero-order valence-electron chi connectivity index (χ0n) is 11.9. The van der Waals surface area contributed by atoms with Crippen molar-refractivity contribution in [1.29, 1.82) is 0 Å².